The Bertz CT molecular complexity index is 1460. The number of H-pyrrole nitrogens is 1. The van der Waals surface area contributed by atoms with Gasteiger partial charge in [-0.25, -0.2) is 4.79 Å². The molecule has 3 N–H and O–H groups in total. The summed E-state index contributed by atoms with van der Waals surface area (Å²) in [5.41, 5.74) is 2.65. The van der Waals surface area contributed by atoms with E-state index < -0.39 is 19.3 Å². The van der Waals surface area contributed by atoms with E-state index in [9.17, 15) is 9.59 Å². The lowest BCUT2D eigenvalue weighted by Gasteiger charge is -2.64. The van der Waals surface area contributed by atoms with Gasteiger partial charge in [0.05, 0.1) is 17.6 Å². The predicted octanol–water partition coefficient (Wildman–Crippen LogP) is 5.80. The van der Waals surface area contributed by atoms with E-state index in [1.54, 1.807) is 0 Å². The van der Waals surface area contributed by atoms with Gasteiger partial charge in [-0.15, -0.1) is 0 Å². The molecule has 0 spiro atoms. The molecule has 9 heteroatoms. The number of rotatable bonds is 10. The third kappa shape index (κ3) is 5.81. The van der Waals surface area contributed by atoms with Crippen molar-refractivity contribution in [1.82, 2.24) is 15.6 Å². The van der Waals surface area contributed by atoms with Crippen LogP contribution in [0.5, 0.6) is 0 Å². The standard InChI is InChI=1S/C34H44BN3O5/c1-21(2)15-30(35-42-29-18-24-17-28(33(24,3)4)34(29,5)43-35)38-31(39)27(16-23-19-36-26-14-10-9-13-25(23)26)37-32(40)41-20-22-11-7-6-8-12-22/h6-14,19,21,24,27-30,36H,15-18,20H2,1-5H3,(H,37,40)(H,38,39)/t24-,27-,28-,29+,30-,34-/m0/s1. The van der Waals surface area contributed by atoms with Crippen molar-refractivity contribution in [3.05, 3.63) is 71.9 Å². The van der Waals surface area contributed by atoms with Crippen LogP contribution in [0, 0.1) is 23.2 Å². The van der Waals surface area contributed by atoms with Gasteiger partial charge in [-0.1, -0.05) is 76.2 Å². The highest BCUT2D eigenvalue weighted by Crippen LogP contribution is 2.65. The molecule has 3 aliphatic carbocycles. The topological polar surface area (TPSA) is 102 Å². The number of hydrogen-bond donors (Lipinski definition) is 3. The summed E-state index contributed by atoms with van der Waals surface area (Å²) in [5, 5.41) is 7.10. The summed E-state index contributed by atoms with van der Waals surface area (Å²) in [5.74, 6) is 0.726. The Morgan fingerprint density at radius 2 is 1.79 bits per heavy atom. The summed E-state index contributed by atoms with van der Waals surface area (Å²) < 4.78 is 18.9. The first-order chi connectivity index (χ1) is 20.5. The quantitative estimate of drug-likeness (QED) is 0.261. The van der Waals surface area contributed by atoms with E-state index in [1.807, 2.05) is 60.8 Å². The number of carbonyl (C=O) groups is 2. The summed E-state index contributed by atoms with van der Waals surface area (Å²) >= 11 is 0. The zero-order valence-corrected chi connectivity index (χ0v) is 25.9. The molecule has 4 fully saturated rings. The van der Waals surface area contributed by atoms with Gasteiger partial charge in [0, 0.05) is 23.5 Å². The average molecular weight is 586 g/mol. The van der Waals surface area contributed by atoms with Crippen molar-refractivity contribution in [2.75, 3.05) is 0 Å². The van der Waals surface area contributed by atoms with E-state index in [4.69, 9.17) is 14.0 Å². The number of nitrogens with one attached hydrogen (secondary N) is 3. The molecule has 1 aromatic heterocycles. The Morgan fingerprint density at radius 3 is 2.53 bits per heavy atom. The molecule has 2 aromatic carbocycles. The molecule has 2 bridgehead atoms. The molecule has 2 amide bonds. The number of alkyl carbamates (subject to hydrolysis) is 1. The van der Waals surface area contributed by atoms with E-state index in [0.717, 1.165) is 28.5 Å². The van der Waals surface area contributed by atoms with E-state index in [0.29, 0.717) is 30.6 Å². The van der Waals surface area contributed by atoms with Crippen molar-refractivity contribution in [3.63, 3.8) is 0 Å². The molecule has 1 aliphatic heterocycles. The lowest BCUT2D eigenvalue weighted by Crippen LogP contribution is -2.65. The number of fused-ring (bicyclic) bond motifs is 1. The van der Waals surface area contributed by atoms with Crippen molar-refractivity contribution in [2.24, 2.45) is 23.2 Å². The van der Waals surface area contributed by atoms with Crippen LogP contribution in [0.2, 0.25) is 0 Å². The minimum absolute atomic E-state index is 0.0222. The predicted molar refractivity (Wildman–Crippen MR) is 167 cm³/mol. The van der Waals surface area contributed by atoms with Gasteiger partial charge in [-0.3, -0.25) is 4.79 Å². The molecule has 228 valence electrons. The lowest BCUT2D eigenvalue weighted by atomic mass is 9.43. The summed E-state index contributed by atoms with van der Waals surface area (Å²) in [7, 11) is -0.546. The third-order valence-electron chi connectivity index (χ3n) is 10.3. The van der Waals surface area contributed by atoms with Crippen molar-refractivity contribution < 1.29 is 23.6 Å². The van der Waals surface area contributed by atoms with Gasteiger partial charge in [0.1, 0.15) is 12.6 Å². The monoisotopic (exact) mass is 585 g/mol. The van der Waals surface area contributed by atoms with Gasteiger partial charge < -0.3 is 29.7 Å². The summed E-state index contributed by atoms with van der Waals surface area (Å²) in [4.78, 5) is 30.3. The van der Waals surface area contributed by atoms with Gasteiger partial charge >= 0.3 is 13.2 Å². The van der Waals surface area contributed by atoms with Crippen molar-refractivity contribution in [1.29, 1.82) is 0 Å². The largest absolute Gasteiger partial charge is 0.481 e. The number of ether oxygens (including phenoxy) is 1. The smallest absolute Gasteiger partial charge is 0.445 e. The molecule has 1 saturated heterocycles. The second-order valence-electron chi connectivity index (χ2n) is 13.9. The number of amides is 2. The van der Waals surface area contributed by atoms with Crippen molar-refractivity contribution in [2.45, 2.75) is 90.6 Å². The van der Waals surface area contributed by atoms with Crippen molar-refractivity contribution in [3.8, 4) is 0 Å². The molecule has 8 nitrogen and oxygen atoms in total. The Morgan fingerprint density at radius 1 is 1.05 bits per heavy atom. The zero-order chi connectivity index (χ0) is 30.4. The number of benzene rings is 2. The fourth-order valence-electron chi connectivity index (χ4n) is 7.74. The van der Waals surface area contributed by atoms with E-state index in [1.165, 1.54) is 6.42 Å². The van der Waals surface area contributed by atoms with Gasteiger partial charge in [-0.05, 0) is 66.5 Å². The zero-order valence-electron chi connectivity index (χ0n) is 25.9. The maximum atomic E-state index is 14.0. The van der Waals surface area contributed by atoms with Crippen LogP contribution in [0.15, 0.2) is 60.8 Å². The minimum atomic E-state index is -0.858. The molecule has 3 aromatic rings. The van der Waals surface area contributed by atoms with Crippen LogP contribution in [0.1, 0.15) is 65.0 Å². The highest BCUT2D eigenvalue weighted by Gasteiger charge is 2.68. The second kappa shape index (κ2) is 11.7. The maximum Gasteiger partial charge on any atom is 0.481 e. The normalized spacial score (nSPS) is 26.8. The van der Waals surface area contributed by atoms with Crippen LogP contribution in [-0.4, -0.2) is 47.8 Å². The Hall–Kier alpha value is -3.30. The molecule has 0 radical (unpaired) electrons. The molecule has 0 unspecified atom stereocenters. The van der Waals surface area contributed by atoms with Crippen LogP contribution in [0.3, 0.4) is 0 Å². The third-order valence-corrected chi connectivity index (χ3v) is 10.3. The Balaban J connectivity index is 1.19. The molecule has 6 atom stereocenters. The summed E-state index contributed by atoms with van der Waals surface area (Å²) in [6, 6.07) is 16.6. The van der Waals surface area contributed by atoms with Crippen LogP contribution in [0.25, 0.3) is 10.9 Å². The second-order valence-corrected chi connectivity index (χ2v) is 13.9. The van der Waals surface area contributed by atoms with Crippen LogP contribution >= 0.6 is 0 Å². The van der Waals surface area contributed by atoms with Crippen LogP contribution in [0.4, 0.5) is 4.79 Å². The lowest BCUT2D eigenvalue weighted by molar-refractivity contribution is -0.199. The van der Waals surface area contributed by atoms with Gasteiger partial charge in [-0.2, -0.15) is 0 Å². The van der Waals surface area contributed by atoms with Crippen LogP contribution in [-0.2, 0) is 31.9 Å². The first kappa shape index (κ1) is 29.8. The molecular formula is C34H44BN3O5. The first-order valence-corrected chi connectivity index (χ1v) is 15.7. The first-order valence-electron chi connectivity index (χ1n) is 15.7. The fraction of sp³-hybridized carbons (Fsp3) is 0.529. The SMILES string of the molecule is CC(C)C[C@H](NC(=O)[C@H](Cc1c[nH]c2ccccc12)NC(=O)OCc1ccccc1)B1O[C@@H]2C[C@@H]3C[C@@H](C3(C)C)[C@]2(C)O1. The molecule has 43 heavy (non-hydrogen) atoms. The molecule has 7 rings (SSSR count). The minimum Gasteiger partial charge on any atom is -0.445 e. The molecule has 3 saturated carbocycles. The van der Waals surface area contributed by atoms with E-state index >= 15 is 0 Å². The van der Waals surface area contributed by atoms with Gasteiger partial charge in [0.2, 0.25) is 5.91 Å². The van der Waals surface area contributed by atoms with Crippen molar-refractivity contribution >= 4 is 30.0 Å². The number of aromatic nitrogens is 1. The fourth-order valence-corrected chi connectivity index (χ4v) is 7.74. The highest BCUT2D eigenvalue weighted by molar-refractivity contribution is 6.48. The number of carbonyl (C=O) groups excluding carboxylic acids is 2. The maximum absolute atomic E-state index is 14.0. The number of hydrogen-bond acceptors (Lipinski definition) is 5. The van der Waals surface area contributed by atoms with Gasteiger partial charge in [0.15, 0.2) is 0 Å². The molecular weight excluding hydrogens is 541 g/mol. The number of aromatic amines is 1. The van der Waals surface area contributed by atoms with Gasteiger partial charge in [0.25, 0.3) is 0 Å². The average Bonchev–Trinajstić information content (AvgIpc) is 3.56. The Kier molecular flexibility index (Phi) is 8.07. The molecule has 2 heterocycles. The van der Waals surface area contributed by atoms with Crippen LogP contribution < -0.4 is 10.6 Å². The summed E-state index contributed by atoms with van der Waals surface area (Å²) in [6.45, 7) is 11.3. The molecule has 4 aliphatic rings. The highest BCUT2D eigenvalue weighted by atomic mass is 16.7. The Labute approximate surface area is 254 Å². The number of para-hydroxylation sites is 1. The summed E-state index contributed by atoms with van der Waals surface area (Å²) in [6.07, 6.45) is 4.42. The van der Waals surface area contributed by atoms with E-state index in [2.05, 4.69) is 50.2 Å². The van der Waals surface area contributed by atoms with E-state index in [-0.39, 0.29) is 35.6 Å².